The fraction of sp³-hybridized carbons (Fsp3) is 0.448. The van der Waals surface area contributed by atoms with Crippen LogP contribution in [0.15, 0.2) is 36.2 Å². The number of hydrogen-bond acceptors (Lipinski definition) is 7. The van der Waals surface area contributed by atoms with E-state index in [-0.39, 0.29) is 30.3 Å². The quantitative estimate of drug-likeness (QED) is 0.158. The van der Waals surface area contributed by atoms with Gasteiger partial charge in [-0.1, -0.05) is 5.21 Å². The van der Waals surface area contributed by atoms with Crippen LogP contribution in [0.1, 0.15) is 66.3 Å². The van der Waals surface area contributed by atoms with Gasteiger partial charge < -0.3 is 31.4 Å². The maximum absolute atomic E-state index is 14.0. The Kier molecular flexibility index (Phi) is 10.1. The topological polar surface area (TPSA) is 157 Å². The number of nitrogens with two attached hydrogens (primary N) is 2. The molecule has 11 nitrogen and oxygen atoms in total. The highest BCUT2D eigenvalue weighted by Gasteiger charge is 2.55. The lowest BCUT2D eigenvalue weighted by Gasteiger charge is -2.43. The first-order chi connectivity index (χ1) is 21.8. The molecule has 47 heavy (non-hydrogen) atoms. The number of aromatic nitrogens is 4. The molecule has 256 valence electrons. The lowest BCUT2D eigenvalue weighted by Crippen LogP contribution is -2.56. The molecule has 0 atom stereocenters. The molecule has 18 heteroatoms. The number of carbonyl (C=O) groups excluding carboxylic acids is 2. The molecule has 0 aliphatic carbocycles. The molecule has 0 bridgehead atoms. The van der Waals surface area contributed by atoms with Gasteiger partial charge in [0.1, 0.15) is 22.8 Å². The summed E-state index contributed by atoms with van der Waals surface area (Å²) in [5.41, 5.74) is 11.3. The fourth-order valence-corrected chi connectivity index (χ4v) is 4.74. The molecule has 3 aromatic rings. The Bertz CT molecular complexity index is 1620. The zero-order valence-electron chi connectivity index (χ0n) is 25.3. The van der Waals surface area contributed by atoms with E-state index >= 15 is 0 Å². The second-order valence-corrected chi connectivity index (χ2v) is 11.7. The summed E-state index contributed by atoms with van der Waals surface area (Å²) in [4.78, 5) is 28.9. The molecule has 1 fully saturated rings. The van der Waals surface area contributed by atoms with Gasteiger partial charge >= 0.3 is 12.5 Å². The van der Waals surface area contributed by atoms with Crippen molar-refractivity contribution in [3.8, 4) is 5.75 Å². The van der Waals surface area contributed by atoms with Gasteiger partial charge in [-0.25, -0.2) is 4.39 Å². The van der Waals surface area contributed by atoms with Gasteiger partial charge in [0.05, 0.1) is 6.20 Å². The number of rotatable bonds is 12. The Morgan fingerprint density at radius 2 is 1.83 bits per heavy atom. The normalized spacial score (nSPS) is 14.7. The zero-order chi connectivity index (χ0) is 34.7. The van der Waals surface area contributed by atoms with Crippen LogP contribution >= 0.6 is 0 Å². The molecule has 4 rings (SSSR count). The number of nitrogen functional groups attached to an aromatic ring is 1. The number of amides is 2. The molecular formula is C29H33F7N8O3. The summed E-state index contributed by atoms with van der Waals surface area (Å²) in [5.74, 6) is -2.99. The van der Waals surface area contributed by atoms with Crippen molar-refractivity contribution in [2.45, 2.75) is 64.7 Å². The molecule has 1 saturated heterocycles. The van der Waals surface area contributed by atoms with Gasteiger partial charge in [0, 0.05) is 54.6 Å². The van der Waals surface area contributed by atoms with E-state index in [1.54, 1.807) is 12.1 Å². The average Bonchev–Trinajstić information content (AvgIpc) is 3.55. The second kappa shape index (κ2) is 13.5. The number of alkyl halides is 6. The van der Waals surface area contributed by atoms with Gasteiger partial charge in [-0.3, -0.25) is 14.3 Å². The zero-order valence-corrected chi connectivity index (χ0v) is 25.3. The number of allylic oxidation sites excluding steroid dienone is 1. The monoisotopic (exact) mass is 674 g/mol. The third-order valence-corrected chi connectivity index (χ3v) is 7.66. The lowest BCUT2D eigenvalue weighted by atomic mass is 9.86. The van der Waals surface area contributed by atoms with Crippen LogP contribution < -0.4 is 21.5 Å². The third-order valence-electron chi connectivity index (χ3n) is 7.66. The molecule has 0 radical (unpaired) electrons. The predicted molar refractivity (Wildman–Crippen MR) is 155 cm³/mol. The van der Waals surface area contributed by atoms with Crippen molar-refractivity contribution in [1.29, 1.82) is 0 Å². The van der Waals surface area contributed by atoms with Crippen molar-refractivity contribution in [2.24, 2.45) is 11.1 Å². The molecule has 0 spiro atoms. The Hall–Kier alpha value is -4.77. The molecule has 3 heterocycles. The summed E-state index contributed by atoms with van der Waals surface area (Å²) in [6, 6.07) is 4.21. The van der Waals surface area contributed by atoms with Crippen molar-refractivity contribution >= 4 is 23.7 Å². The SMILES string of the molecule is CC(C)(C(=O)N1CC(c2cc(/C=C(\N)CCCCn3cc(C(=O)NCc4cc(OC(F)(F)F)ccc4F)nn3)c(N)[nH]2)C1)C(F)(F)F. The first kappa shape index (κ1) is 35.1. The lowest BCUT2D eigenvalue weighted by molar-refractivity contribution is -0.274. The maximum atomic E-state index is 14.0. The van der Waals surface area contributed by atoms with Crippen molar-refractivity contribution in [1.82, 2.24) is 30.2 Å². The van der Waals surface area contributed by atoms with Crippen LogP contribution in [0.5, 0.6) is 5.75 Å². The summed E-state index contributed by atoms with van der Waals surface area (Å²) in [6.07, 6.45) is -4.82. The summed E-state index contributed by atoms with van der Waals surface area (Å²) in [5, 5.41) is 10.0. The number of nitrogens with one attached hydrogen (secondary N) is 2. The minimum absolute atomic E-state index is 0.0748. The maximum Gasteiger partial charge on any atom is 0.573 e. The fourth-order valence-electron chi connectivity index (χ4n) is 4.74. The number of hydrogen-bond donors (Lipinski definition) is 4. The number of nitrogens with zero attached hydrogens (tertiary/aromatic N) is 4. The molecule has 2 aromatic heterocycles. The van der Waals surface area contributed by atoms with Crippen LogP contribution in [0, 0.1) is 11.2 Å². The van der Waals surface area contributed by atoms with Crippen molar-refractivity contribution in [3.05, 3.63) is 64.5 Å². The summed E-state index contributed by atoms with van der Waals surface area (Å²) in [7, 11) is 0. The van der Waals surface area contributed by atoms with Gasteiger partial charge in [0.2, 0.25) is 5.91 Å². The first-order valence-electron chi connectivity index (χ1n) is 14.4. The van der Waals surface area contributed by atoms with E-state index in [9.17, 15) is 40.3 Å². The van der Waals surface area contributed by atoms with Gasteiger partial charge in [0.15, 0.2) is 5.69 Å². The first-order valence-corrected chi connectivity index (χ1v) is 14.4. The summed E-state index contributed by atoms with van der Waals surface area (Å²) in [6.45, 7) is 1.97. The number of H-pyrrole nitrogens is 1. The summed E-state index contributed by atoms with van der Waals surface area (Å²) >= 11 is 0. The molecule has 1 aromatic carbocycles. The second-order valence-electron chi connectivity index (χ2n) is 11.7. The molecule has 1 aliphatic heterocycles. The Morgan fingerprint density at radius 3 is 2.49 bits per heavy atom. The molecule has 0 saturated carbocycles. The molecular weight excluding hydrogens is 641 g/mol. The van der Waals surface area contributed by atoms with E-state index < -0.39 is 47.9 Å². The number of likely N-dealkylation sites (tertiary alicyclic amines) is 1. The highest BCUT2D eigenvalue weighted by atomic mass is 19.4. The smallest absolute Gasteiger partial charge is 0.406 e. The van der Waals surface area contributed by atoms with Crippen LogP contribution in [0.3, 0.4) is 0 Å². The minimum atomic E-state index is -4.95. The van der Waals surface area contributed by atoms with E-state index in [0.717, 1.165) is 32.0 Å². The van der Waals surface area contributed by atoms with Gasteiger partial charge in [-0.05, 0) is 63.5 Å². The van der Waals surface area contributed by atoms with Crippen LogP contribution in [-0.4, -0.2) is 62.3 Å². The van der Waals surface area contributed by atoms with Crippen LogP contribution in [0.2, 0.25) is 0 Å². The standard InChI is InChI=1S/C29H33F7N8O3/c1-27(2,28(31,32)33)26(46)43-13-18(14-43)22-11-16(24(38)40-22)9-19(37)5-3-4-8-44-15-23(41-42-44)25(45)39-12-17-10-20(6-7-21(17)30)47-29(34,35)36/h6-7,9-11,15,18,40H,3-5,8,12-14,37-38H2,1-2H3,(H,39,45)/b19-9-. The minimum Gasteiger partial charge on any atom is -0.406 e. The summed E-state index contributed by atoms with van der Waals surface area (Å²) < 4.78 is 96.1. The van der Waals surface area contributed by atoms with Gasteiger partial charge in [0.25, 0.3) is 5.91 Å². The number of aryl methyl sites for hydroxylation is 1. The van der Waals surface area contributed by atoms with E-state index in [0.29, 0.717) is 48.6 Å². The molecule has 1 aliphatic rings. The van der Waals surface area contributed by atoms with Gasteiger partial charge in [-0.2, -0.15) is 13.2 Å². The predicted octanol–water partition coefficient (Wildman–Crippen LogP) is 4.84. The van der Waals surface area contributed by atoms with E-state index in [2.05, 4.69) is 25.3 Å². The van der Waals surface area contributed by atoms with Crippen molar-refractivity contribution < 1.29 is 45.1 Å². The largest absolute Gasteiger partial charge is 0.573 e. The Labute approximate surface area is 264 Å². The molecule has 2 amide bonds. The number of ether oxygens (including phenoxy) is 1. The number of aromatic amines is 1. The van der Waals surface area contributed by atoms with E-state index in [1.807, 2.05) is 0 Å². The Morgan fingerprint density at radius 1 is 1.13 bits per heavy atom. The Balaban J connectivity index is 1.21. The number of halogens is 7. The third kappa shape index (κ3) is 8.74. The van der Waals surface area contributed by atoms with E-state index in [4.69, 9.17) is 11.5 Å². The van der Waals surface area contributed by atoms with Crippen LogP contribution in [0.25, 0.3) is 6.08 Å². The van der Waals surface area contributed by atoms with Gasteiger partial charge in [-0.15, -0.1) is 18.3 Å². The average molecular weight is 675 g/mol. The number of anilines is 1. The molecule has 0 unspecified atom stereocenters. The van der Waals surface area contributed by atoms with Crippen LogP contribution in [0.4, 0.5) is 36.6 Å². The van der Waals surface area contributed by atoms with E-state index in [1.165, 1.54) is 15.8 Å². The van der Waals surface area contributed by atoms with Crippen LogP contribution in [-0.2, 0) is 17.9 Å². The number of benzene rings is 1. The highest BCUT2D eigenvalue weighted by Crippen LogP contribution is 2.41. The van der Waals surface area contributed by atoms with Crippen molar-refractivity contribution in [2.75, 3.05) is 18.8 Å². The molecule has 6 N–H and O–H groups in total. The highest BCUT2D eigenvalue weighted by molar-refractivity contribution is 5.91. The number of carbonyl (C=O) groups is 2. The number of unbranched alkanes of at least 4 members (excludes halogenated alkanes) is 1. The van der Waals surface area contributed by atoms with Crippen molar-refractivity contribution in [3.63, 3.8) is 0 Å².